The fourth-order valence-electron chi connectivity index (χ4n) is 5.41. The van der Waals surface area contributed by atoms with Crippen LogP contribution in [0.15, 0.2) is 42.5 Å². The molecule has 5 nitrogen and oxygen atoms in total. The number of aliphatic hydroxyl groups is 1. The van der Waals surface area contributed by atoms with Crippen LogP contribution in [0.25, 0.3) is 11.1 Å². The highest BCUT2D eigenvalue weighted by atomic mass is 32.2. The summed E-state index contributed by atoms with van der Waals surface area (Å²) in [5.74, 6) is 0. The third kappa shape index (κ3) is 5.13. The van der Waals surface area contributed by atoms with Gasteiger partial charge < -0.3 is 5.11 Å². The molecule has 2 heterocycles. The summed E-state index contributed by atoms with van der Waals surface area (Å²) >= 11 is 0. The molecule has 2 aliphatic heterocycles. The van der Waals surface area contributed by atoms with E-state index >= 15 is 0 Å². The van der Waals surface area contributed by atoms with Crippen LogP contribution in [0.5, 0.6) is 0 Å². The molecule has 37 heavy (non-hydrogen) atoms. The largest absolute Gasteiger partial charge is 0.430 e. The smallest absolute Gasteiger partial charge is 0.369 e. The lowest BCUT2D eigenvalue weighted by Gasteiger charge is -2.48. The molecule has 2 aromatic rings. The Labute approximate surface area is 211 Å². The Morgan fingerprint density at radius 3 is 2.03 bits per heavy atom. The van der Waals surface area contributed by atoms with Gasteiger partial charge in [-0.2, -0.15) is 26.3 Å². The highest BCUT2D eigenvalue weighted by Crippen LogP contribution is 2.50. The SMILES string of the molecule is CCc1cc(CN2CC3(CCN(S(C)(=O)=O)C3)C2)ccc1-c1ccc(C(O)(C(F)(F)F)C(F)(F)F)cc1. The zero-order valence-corrected chi connectivity index (χ0v) is 21.1. The molecule has 0 aromatic heterocycles. The highest BCUT2D eigenvalue weighted by molar-refractivity contribution is 7.88. The van der Waals surface area contributed by atoms with Crippen molar-refractivity contribution in [3.8, 4) is 11.1 Å². The van der Waals surface area contributed by atoms with E-state index < -0.39 is 33.5 Å². The molecule has 4 rings (SSSR count). The third-order valence-electron chi connectivity index (χ3n) is 7.38. The summed E-state index contributed by atoms with van der Waals surface area (Å²) < 4.78 is 104. The van der Waals surface area contributed by atoms with Crippen molar-refractivity contribution in [3.63, 3.8) is 0 Å². The van der Waals surface area contributed by atoms with Crippen LogP contribution >= 0.6 is 0 Å². The van der Waals surface area contributed by atoms with Crippen LogP contribution < -0.4 is 0 Å². The average molecular weight is 551 g/mol. The topological polar surface area (TPSA) is 60.9 Å². The van der Waals surface area contributed by atoms with Crippen LogP contribution in [0.2, 0.25) is 0 Å². The quantitative estimate of drug-likeness (QED) is 0.530. The highest BCUT2D eigenvalue weighted by Gasteiger charge is 2.71. The van der Waals surface area contributed by atoms with Gasteiger partial charge in [0.05, 0.1) is 6.26 Å². The van der Waals surface area contributed by atoms with Crippen LogP contribution in [-0.4, -0.2) is 67.5 Å². The summed E-state index contributed by atoms with van der Waals surface area (Å²) in [5.41, 5.74) is -3.26. The van der Waals surface area contributed by atoms with Gasteiger partial charge in [-0.15, -0.1) is 0 Å². The van der Waals surface area contributed by atoms with Crippen LogP contribution in [-0.2, 0) is 28.6 Å². The second-order valence-corrected chi connectivity index (χ2v) is 12.1. The molecule has 2 fully saturated rings. The number of alkyl halides is 6. The minimum absolute atomic E-state index is 0.0207. The maximum Gasteiger partial charge on any atom is 0.430 e. The summed E-state index contributed by atoms with van der Waals surface area (Å²) in [6.45, 7) is 5.17. The minimum atomic E-state index is -5.93. The molecule has 0 amide bonds. The molecule has 0 unspecified atom stereocenters. The average Bonchev–Trinajstić information content (AvgIpc) is 3.23. The van der Waals surface area contributed by atoms with Gasteiger partial charge >= 0.3 is 12.4 Å². The van der Waals surface area contributed by atoms with Crippen LogP contribution in [0.1, 0.15) is 30.0 Å². The number of likely N-dealkylation sites (tertiary alicyclic amines) is 1. The van der Waals surface area contributed by atoms with Crippen molar-refractivity contribution in [1.82, 2.24) is 9.21 Å². The summed E-state index contributed by atoms with van der Waals surface area (Å²) in [6.07, 6.45) is -9.23. The minimum Gasteiger partial charge on any atom is -0.369 e. The van der Waals surface area contributed by atoms with E-state index in [0.717, 1.165) is 42.8 Å². The van der Waals surface area contributed by atoms with Gasteiger partial charge in [-0.3, -0.25) is 4.90 Å². The van der Waals surface area contributed by atoms with Crippen molar-refractivity contribution in [2.75, 3.05) is 32.4 Å². The molecular formula is C25H28F6N2O3S. The molecule has 204 valence electrons. The molecule has 2 saturated heterocycles. The first-order valence-electron chi connectivity index (χ1n) is 11.8. The lowest BCUT2D eigenvalue weighted by molar-refractivity contribution is -0.376. The van der Waals surface area contributed by atoms with E-state index in [2.05, 4.69) is 4.90 Å². The fourth-order valence-corrected chi connectivity index (χ4v) is 6.34. The van der Waals surface area contributed by atoms with Crippen molar-refractivity contribution < 1.29 is 39.9 Å². The predicted molar refractivity (Wildman–Crippen MR) is 126 cm³/mol. The van der Waals surface area contributed by atoms with Crippen LogP contribution in [0.3, 0.4) is 0 Å². The Bertz CT molecular complexity index is 1240. The van der Waals surface area contributed by atoms with Crippen molar-refractivity contribution in [2.45, 2.75) is 44.3 Å². The molecule has 1 N–H and O–H groups in total. The van der Waals surface area contributed by atoms with Gasteiger partial charge in [0.25, 0.3) is 5.60 Å². The fraction of sp³-hybridized carbons (Fsp3) is 0.520. The van der Waals surface area contributed by atoms with Crippen LogP contribution in [0, 0.1) is 5.41 Å². The zero-order chi connectivity index (χ0) is 27.4. The monoisotopic (exact) mass is 550 g/mol. The van der Waals surface area contributed by atoms with E-state index in [1.807, 2.05) is 19.1 Å². The maximum atomic E-state index is 13.2. The summed E-state index contributed by atoms with van der Waals surface area (Å²) in [6, 6.07) is 9.24. The number of sulfonamides is 1. The first-order chi connectivity index (χ1) is 17.0. The number of hydrogen-bond donors (Lipinski definition) is 1. The number of benzene rings is 2. The van der Waals surface area contributed by atoms with Gasteiger partial charge in [-0.25, -0.2) is 12.7 Å². The summed E-state index contributed by atoms with van der Waals surface area (Å²) in [4.78, 5) is 2.23. The molecule has 0 atom stereocenters. The van der Waals surface area contributed by atoms with Gasteiger partial charge in [-0.1, -0.05) is 49.4 Å². The molecule has 2 aliphatic rings. The van der Waals surface area contributed by atoms with Crippen molar-refractivity contribution >= 4 is 10.0 Å². The molecule has 0 aliphatic carbocycles. The standard InChI is InChI=1S/C25H28F6N2O3S/c1-3-18-12-17(13-32-14-22(15-32)10-11-33(16-22)37(2,35)36)4-9-21(18)19-5-7-20(8-6-19)23(34,24(26,27)28)25(29,30)31/h4-9,12,34H,3,10-11,13-16H2,1-2H3. The van der Waals surface area contributed by atoms with E-state index in [1.54, 1.807) is 6.07 Å². The van der Waals surface area contributed by atoms with Gasteiger partial charge in [-0.05, 0) is 35.1 Å². The molecule has 12 heteroatoms. The van der Waals surface area contributed by atoms with Crippen molar-refractivity contribution in [1.29, 1.82) is 0 Å². The summed E-state index contributed by atoms with van der Waals surface area (Å²) in [7, 11) is -3.20. The first-order valence-corrected chi connectivity index (χ1v) is 13.6. The lowest BCUT2D eigenvalue weighted by atomic mass is 9.79. The van der Waals surface area contributed by atoms with E-state index in [4.69, 9.17) is 0 Å². The second kappa shape index (κ2) is 9.25. The van der Waals surface area contributed by atoms with Gasteiger partial charge in [0.1, 0.15) is 0 Å². The number of nitrogens with zero attached hydrogens (tertiary/aromatic N) is 2. The Kier molecular flexibility index (Phi) is 6.97. The zero-order valence-electron chi connectivity index (χ0n) is 20.3. The molecule has 0 saturated carbocycles. The normalized spacial score (nSPS) is 19.4. The molecule has 2 aromatic carbocycles. The van der Waals surface area contributed by atoms with Gasteiger partial charge in [0.15, 0.2) is 0 Å². The van der Waals surface area contributed by atoms with Crippen molar-refractivity contribution in [2.24, 2.45) is 5.41 Å². The molecule has 0 bridgehead atoms. The second-order valence-electron chi connectivity index (χ2n) is 10.1. The van der Waals surface area contributed by atoms with E-state index in [1.165, 1.54) is 10.6 Å². The number of halogens is 6. The number of hydrogen-bond acceptors (Lipinski definition) is 4. The molecular weight excluding hydrogens is 522 g/mol. The Hall–Kier alpha value is -2.15. The summed E-state index contributed by atoms with van der Waals surface area (Å²) in [5, 5.41) is 9.61. The van der Waals surface area contributed by atoms with Gasteiger partial charge in [0.2, 0.25) is 10.0 Å². The predicted octanol–water partition coefficient (Wildman–Crippen LogP) is 4.70. The number of rotatable bonds is 6. The van der Waals surface area contributed by atoms with Gasteiger partial charge in [0, 0.05) is 43.7 Å². The third-order valence-corrected chi connectivity index (χ3v) is 8.63. The Morgan fingerprint density at radius 2 is 1.54 bits per heavy atom. The Morgan fingerprint density at radius 1 is 0.946 bits per heavy atom. The first kappa shape index (κ1) is 27.9. The maximum absolute atomic E-state index is 13.2. The van der Waals surface area contributed by atoms with Crippen molar-refractivity contribution in [3.05, 3.63) is 59.2 Å². The van der Waals surface area contributed by atoms with E-state index in [9.17, 15) is 39.9 Å². The Balaban J connectivity index is 1.48. The van der Waals surface area contributed by atoms with E-state index in [-0.39, 0.29) is 5.41 Å². The van der Waals surface area contributed by atoms with E-state index in [0.29, 0.717) is 49.3 Å². The van der Waals surface area contributed by atoms with Crippen LogP contribution in [0.4, 0.5) is 26.3 Å². The lowest BCUT2D eigenvalue weighted by Crippen LogP contribution is -2.57. The molecule has 1 spiro atoms. The molecule has 0 radical (unpaired) electrons. The number of aryl methyl sites for hydroxylation is 1.